The molecule has 0 aliphatic carbocycles. The quantitative estimate of drug-likeness (QED) is 0.731. The van der Waals surface area contributed by atoms with E-state index in [4.69, 9.17) is 17.3 Å². The average Bonchev–Trinajstić information content (AvgIpc) is 2.03. The van der Waals surface area contributed by atoms with Crippen LogP contribution >= 0.6 is 11.6 Å². The molecule has 0 heterocycles. The van der Waals surface area contributed by atoms with Crippen LogP contribution in [0.15, 0.2) is 23.8 Å². The van der Waals surface area contributed by atoms with Crippen LogP contribution in [0.4, 0.5) is 0 Å². The Bertz CT molecular complexity index is 349. The highest BCUT2D eigenvalue weighted by atomic mass is 35.5. The number of hydrogen-bond acceptors (Lipinski definition) is 1. The van der Waals surface area contributed by atoms with Gasteiger partial charge in [0.15, 0.2) is 0 Å². The Morgan fingerprint density at radius 1 is 1.31 bits per heavy atom. The number of aryl methyl sites for hydroxylation is 1. The van der Waals surface area contributed by atoms with E-state index in [-0.39, 0.29) is 0 Å². The predicted octanol–water partition coefficient (Wildman–Crippen LogP) is 3.36. The van der Waals surface area contributed by atoms with E-state index in [1.807, 2.05) is 39.0 Å². The minimum absolute atomic E-state index is 0.721. The van der Waals surface area contributed by atoms with E-state index in [1.165, 1.54) is 0 Å². The van der Waals surface area contributed by atoms with E-state index in [1.54, 1.807) is 0 Å². The summed E-state index contributed by atoms with van der Waals surface area (Å²) in [6.45, 7) is 5.96. The van der Waals surface area contributed by atoms with E-state index >= 15 is 0 Å². The van der Waals surface area contributed by atoms with Crippen molar-refractivity contribution in [3.8, 4) is 0 Å². The van der Waals surface area contributed by atoms with Crippen molar-refractivity contribution in [1.29, 1.82) is 0 Å². The molecule has 0 bridgehead atoms. The molecule has 0 atom stereocenters. The fourth-order valence-electron chi connectivity index (χ4n) is 1.11. The van der Waals surface area contributed by atoms with Gasteiger partial charge in [0, 0.05) is 11.3 Å². The van der Waals surface area contributed by atoms with Gasteiger partial charge in [-0.2, -0.15) is 0 Å². The molecular weight excluding hydrogens is 182 g/mol. The third-order valence-corrected chi connectivity index (χ3v) is 2.27. The average molecular weight is 196 g/mol. The molecule has 0 saturated carbocycles. The van der Waals surface area contributed by atoms with E-state index < -0.39 is 0 Å². The van der Waals surface area contributed by atoms with E-state index in [0.717, 1.165) is 27.4 Å². The number of benzene rings is 1. The monoisotopic (exact) mass is 195 g/mol. The van der Waals surface area contributed by atoms with Gasteiger partial charge in [-0.1, -0.05) is 29.3 Å². The van der Waals surface area contributed by atoms with Gasteiger partial charge in [-0.3, -0.25) is 0 Å². The molecule has 0 amide bonds. The Hall–Kier alpha value is -0.950. The van der Waals surface area contributed by atoms with Crippen molar-refractivity contribution in [2.75, 3.05) is 0 Å². The van der Waals surface area contributed by atoms with Gasteiger partial charge in [0.1, 0.15) is 0 Å². The molecule has 0 unspecified atom stereocenters. The standard InChI is InChI=1S/C11H14ClN/c1-7(2)11(13)9-5-4-8(3)6-10(9)12/h4-6H,13H2,1-3H3. The zero-order chi connectivity index (χ0) is 10.0. The van der Waals surface area contributed by atoms with Gasteiger partial charge in [-0.25, -0.2) is 0 Å². The summed E-state index contributed by atoms with van der Waals surface area (Å²) < 4.78 is 0. The van der Waals surface area contributed by atoms with Crippen LogP contribution < -0.4 is 5.73 Å². The molecule has 70 valence electrons. The number of halogens is 1. The first-order valence-corrected chi connectivity index (χ1v) is 4.59. The molecule has 0 aliphatic heterocycles. The zero-order valence-corrected chi connectivity index (χ0v) is 8.94. The molecule has 1 nitrogen and oxygen atoms in total. The fraction of sp³-hybridized carbons (Fsp3) is 0.273. The molecule has 0 spiro atoms. The van der Waals surface area contributed by atoms with Crippen LogP contribution in [0, 0.1) is 6.92 Å². The molecule has 2 N–H and O–H groups in total. The molecule has 1 aromatic carbocycles. The zero-order valence-electron chi connectivity index (χ0n) is 8.19. The van der Waals surface area contributed by atoms with Gasteiger partial charge in [0.25, 0.3) is 0 Å². The smallest absolute Gasteiger partial charge is 0.0501 e. The van der Waals surface area contributed by atoms with Crippen LogP contribution in [0.2, 0.25) is 5.02 Å². The topological polar surface area (TPSA) is 26.0 Å². The van der Waals surface area contributed by atoms with Gasteiger partial charge < -0.3 is 5.73 Å². The third-order valence-electron chi connectivity index (χ3n) is 1.95. The first-order chi connectivity index (χ1) is 6.02. The van der Waals surface area contributed by atoms with Gasteiger partial charge >= 0.3 is 0 Å². The van der Waals surface area contributed by atoms with Crippen LogP contribution in [-0.2, 0) is 0 Å². The Morgan fingerprint density at radius 3 is 2.38 bits per heavy atom. The van der Waals surface area contributed by atoms with Gasteiger partial charge in [0.2, 0.25) is 0 Å². The minimum Gasteiger partial charge on any atom is -0.398 e. The Morgan fingerprint density at radius 2 is 1.92 bits per heavy atom. The highest BCUT2D eigenvalue weighted by Crippen LogP contribution is 2.23. The number of nitrogens with two attached hydrogens (primary N) is 1. The maximum absolute atomic E-state index is 6.05. The predicted molar refractivity (Wildman–Crippen MR) is 58.6 cm³/mol. The van der Waals surface area contributed by atoms with Gasteiger partial charge in [-0.15, -0.1) is 0 Å². The summed E-state index contributed by atoms with van der Waals surface area (Å²) >= 11 is 6.05. The summed E-state index contributed by atoms with van der Waals surface area (Å²) in [6, 6.07) is 5.89. The molecule has 0 aromatic heterocycles. The Labute approximate surface area is 84.2 Å². The molecular formula is C11H14ClN. The van der Waals surface area contributed by atoms with Crippen LogP contribution in [0.3, 0.4) is 0 Å². The van der Waals surface area contributed by atoms with Crippen LogP contribution in [0.5, 0.6) is 0 Å². The number of rotatable bonds is 1. The molecule has 0 aliphatic rings. The second kappa shape index (κ2) is 3.84. The normalized spacial score (nSPS) is 9.85. The summed E-state index contributed by atoms with van der Waals surface area (Å²) in [5, 5.41) is 0.721. The lowest BCUT2D eigenvalue weighted by Crippen LogP contribution is -1.99. The van der Waals surface area contributed by atoms with Crippen molar-refractivity contribution >= 4 is 17.3 Å². The maximum Gasteiger partial charge on any atom is 0.0501 e. The molecule has 0 saturated heterocycles. The summed E-state index contributed by atoms with van der Waals surface area (Å²) in [6.07, 6.45) is 0. The summed E-state index contributed by atoms with van der Waals surface area (Å²) in [4.78, 5) is 0. The second-order valence-corrected chi connectivity index (χ2v) is 3.80. The van der Waals surface area contributed by atoms with Crippen molar-refractivity contribution in [1.82, 2.24) is 0 Å². The summed E-state index contributed by atoms with van der Waals surface area (Å²) in [5.41, 5.74) is 9.81. The lowest BCUT2D eigenvalue weighted by Gasteiger charge is -2.07. The summed E-state index contributed by atoms with van der Waals surface area (Å²) in [7, 11) is 0. The van der Waals surface area contributed by atoms with E-state index in [0.29, 0.717) is 0 Å². The lowest BCUT2D eigenvalue weighted by molar-refractivity contribution is 1.33. The lowest BCUT2D eigenvalue weighted by atomic mass is 10.1. The SMILES string of the molecule is CC(C)=C(N)c1ccc(C)cc1Cl. The molecule has 0 fully saturated rings. The molecule has 0 radical (unpaired) electrons. The van der Waals surface area contributed by atoms with E-state index in [2.05, 4.69) is 0 Å². The van der Waals surface area contributed by atoms with Crippen LogP contribution in [0.25, 0.3) is 5.70 Å². The number of allylic oxidation sites excluding steroid dienone is 1. The first-order valence-electron chi connectivity index (χ1n) is 4.22. The molecule has 1 aromatic rings. The van der Waals surface area contributed by atoms with Crippen molar-refractivity contribution in [2.45, 2.75) is 20.8 Å². The van der Waals surface area contributed by atoms with Crippen molar-refractivity contribution in [3.63, 3.8) is 0 Å². The molecule has 2 heteroatoms. The number of hydrogen-bond donors (Lipinski definition) is 1. The van der Waals surface area contributed by atoms with Crippen LogP contribution in [-0.4, -0.2) is 0 Å². The van der Waals surface area contributed by atoms with Gasteiger partial charge in [-0.05, 0) is 32.4 Å². The molecule has 1 rings (SSSR count). The van der Waals surface area contributed by atoms with Crippen molar-refractivity contribution in [2.24, 2.45) is 5.73 Å². The maximum atomic E-state index is 6.05. The minimum atomic E-state index is 0.721. The third kappa shape index (κ3) is 2.25. The highest BCUT2D eigenvalue weighted by Gasteiger charge is 2.03. The Balaban J connectivity index is 3.25. The van der Waals surface area contributed by atoms with Crippen molar-refractivity contribution < 1.29 is 0 Å². The van der Waals surface area contributed by atoms with Gasteiger partial charge in [0.05, 0.1) is 5.02 Å². The molecule has 13 heavy (non-hydrogen) atoms. The summed E-state index contributed by atoms with van der Waals surface area (Å²) in [5.74, 6) is 0. The van der Waals surface area contributed by atoms with Crippen LogP contribution in [0.1, 0.15) is 25.0 Å². The largest absolute Gasteiger partial charge is 0.398 e. The highest BCUT2D eigenvalue weighted by molar-refractivity contribution is 6.32. The Kier molecular flexibility index (Phi) is 2.99. The van der Waals surface area contributed by atoms with E-state index in [9.17, 15) is 0 Å². The van der Waals surface area contributed by atoms with Crippen molar-refractivity contribution in [3.05, 3.63) is 39.9 Å². The fourth-order valence-corrected chi connectivity index (χ4v) is 1.44. The first kappa shape index (κ1) is 10.1. The second-order valence-electron chi connectivity index (χ2n) is 3.40.